The van der Waals surface area contributed by atoms with Gasteiger partial charge in [-0.05, 0) is 23.6 Å². The topological polar surface area (TPSA) is 136 Å². The summed E-state index contributed by atoms with van der Waals surface area (Å²) in [6.07, 6.45) is 1.46. The first kappa shape index (κ1) is 17.0. The van der Waals surface area contributed by atoms with E-state index in [4.69, 9.17) is 16.2 Å². The number of hydrogen-bond donors (Lipinski definition) is 4. The molecule has 0 aliphatic heterocycles. The number of anilines is 4. The van der Waals surface area contributed by atoms with Crippen molar-refractivity contribution in [3.05, 3.63) is 23.9 Å². The Labute approximate surface area is 136 Å². The second-order valence-corrected chi connectivity index (χ2v) is 6.08. The molecule has 2 rings (SSSR count). The predicted octanol–water partition coefficient (Wildman–Crippen LogP) is 2.10. The van der Waals surface area contributed by atoms with Crippen molar-refractivity contribution in [2.45, 2.75) is 24.7 Å². The van der Waals surface area contributed by atoms with E-state index in [-0.39, 0.29) is 22.6 Å². The van der Waals surface area contributed by atoms with Crippen LogP contribution in [0.3, 0.4) is 0 Å². The molecule has 0 spiro atoms. The monoisotopic (exact) mass is 337 g/mol. The first-order valence-corrected chi connectivity index (χ1v) is 7.92. The lowest BCUT2D eigenvalue weighted by Crippen LogP contribution is -2.06. The second kappa shape index (κ2) is 6.80. The van der Waals surface area contributed by atoms with Crippen LogP contribution in [0.15, 0.2) is 23.2 Å². The fourth-order valence-electron chi connectivity index (χ4n) is 2.11. The number of methoxy groups -OCH3 is 1. The summed E-state index contributed by atoms with van der Waals surface area (Å²) in [5.41, 5.74) is 13.3. The van der Waals surface area contributed by atoms with Gasteiger partial charge in [-0.3, -0.25) is 0 Å². The minimum Gasteiger partial charge on any atom is -0.495 e. The molecule has 0 saturated heterocycles. The maximum atomic E-state index is 11.5. The second-order valence-electron chi connectivity index (χ2n) is 5.15. The third kappa shape index (κ3) is 3.69. The summed E-state index contributed by atoms with van der Waals surface area (Å²) in [6, 6.07) is 3.28. The van der Waals surface area contributed by atoms with Gasteiger partial charge in [0.2, 0.25) is 5.95 Å². The van der Waals surface area contributed by atoms with Crippen LogP contribution >= 0.6 is 0 Å². The number of nitrogens with two attached hydrogens (primary N) is 2. The standard InChI is InChI=1S/C14H19N5O3S/c1-7(2)8-4-11(22-3)12(23(20)21)5-9(8)18-10-6-17-14(16)19-13(10)15/h4-7,18H,1-3H3,(H,20,21)(H4,15,16,17,19). The van der Waals surface area contributed by atoms with Gasteiger partial charge in [-0.15, -0.1) is 0 Å². The zero-order chi connectivity index (χ0) is 17.1. The van der Waals surface area contributed by atoms with Crippen molar-refractivity contribution in [1.29, 1.82) is 0 Å². The van der Waals surface area contributed by atoms with Crippen LogP contribution in [-0.4, -0.2) is 25.8 Å². The molecule has 1 aromatic heterocycles. The molecular formula is C14H19N5O3S. The van der Waals surface area contributed by atoms with Gasteiger partial charge in [0.1, 0.15) is 16.3 Å². The van der Waals surface area contributed by atoms with Crippen LogP contribution in [0, 0.1) is 0 Å². The van der Waals surface area contributed by atoms with Gasteiger partial charge in [0, 0.05) is 5.69 Å². The fourth-order valence-corrected chi connectivity index (χ4v) is 2.64. The molecular weight excluding hydrogens is 318 g/mol. The molecule has 9 heteroatoms. The van der Waals surface area contributed by atoms with E-state index >= 15 is 0 Å². The number of nitrogens with zero attached hydrogens (tertiary/aromatic N) is 2. The average molecular weight is 337 g/mol. The average Bonchev–Trinajstić information content (AvgIpc) is 2.49. The van der Waals surface area contributed by atoms with Gasteiger partial charge >= 0.3 is 0 Å². The summed E-state index contributed by atoms with van der Waals surface area (Å²) < 4.78 is 26.2. The van der Waals surface area contributed by atoms with E-state index in [9.17, 15) is 8.76 Å². The number of aromatic nitrogens is 2. The maximum Gasteiger partial charge on any atom is 0.222 e. The third-order valence-electron chi connectivity index (χ3n) is 3.25. The first-order chi connectivity index (χ1) is 10.8. The lowest BCUT2D eigenvalue weighted by Gasteiger charge is -2.18. The Morgan fingerprint density at radius 3 is 2.52 bits per heavy atom. The fraction of sp³-hybridized carbons (Fsp3) is 0.286. The Hall–Kier alpha value is -2.39. The largest absolute Gasteiger partial charge is 0.495 e. The van der Waals surface area contributed by atoms with E-state index in [0.29, 0.717) is 17.1 Å². The van der Waals surface area contributed by atoms with Crippen LogP contribution in [-0.2, 0) is 11.1 Å². The maximum absolute atomic E-state index is 11.5. The minimum absolute atomic E-state index is 0.0732. The molecule has 6 N–H and O–H groups in total. The van der Waals surface area contributed by atoms with Crippen molar-refractivity contribution >= 4 is 34.2 Å². The molecule has 8 nitrogen and oxygen atoms in total. The summed E-state index contributed by atoms with van der Waals surface area (Å²) in [5, 5.41) is 3.09. The van der Waals surface area contributed by atoms with E-state index in [1.165, 1.54) is 13.3 Å². The van der Waals surface area contributed by atoms with Crippen LogP contribution < -0.4 is 21.5 Å². The van der Waals surface area contributed by atoms with E-state index in [0.717, 1.165) is 5.56 Å². The molecule has 0 saturated carbocycles. The van der Waals surface area contributed by atoms with Crippen molar-refractivity contribution in [1.82, 2.24) is 9.97 Å². The van der Waals surface area contributed by atoms with Gasteiger partial charge in [-0.25, -0.2) is 9.19 Å². The van der Waals surface area contributed by atoms with Crippen LogP contribution in [0.4, 0.5) is 23.1 Å². The Balaban J connectivity index is 2.55. The molecule has 1 atom stereocenters. The molecule has 2 aromatic rings. The Morgan fingerprint density at radius 2 is 2.00 bits per heavy atom. The highest BCUT2D eigenvalue weighted by Crippen LogP contribution is 2.35. The van der Waals surface area contributed by atoms with E-state index in [1.807, 2.05) is 13.8 Å². The molecule has 0 radical (unpaired) electrons. The highest BCUT2D eigenvalue weighted by molar-refractivity contribution is 7.79. The molecule has 1 heterocycles. The van der Waals surface area contributed by atoms with Crippen LogP contribution in [0.2, 0.25) is 0 Å². The molecule has 0 aliphatic rings. The lowest BCUT2D eigenvalue weighted by atomic mass is 10.0. The van der Waals surface area contributed by atoms with Crippen molar-refractivity contribution < 1.29 is 13.5 Å². The first-order valence-electron chi connectivity index (χ1n) is 6.81. The predicted molar refractivity (Wildman–Crippen MR) is 90.3 cm³/mol. The molecule has 0 bridgehead atoms. The number of hydrogen-bond acceptors (Lipinski definition) is 7. The number of ether oxygens (including phenoxy) is 1. The summed E-state index contributed by atoms with van der Waals surface area (Å²) in [5.74, 6) is 0.754. The molecule has 0 amide bonds. The number of nitrogen functional groups attached to an aromatic ring is 2. The van der Waals surface area contributed by atoms with Gasteiger partial charge in [-0.1, -0.05) is 13.8 Å². The zero-order valence-corrected chi connectivity index (χ0v) is 13.8. The number of nitrogens with one attached hydrogen (secondary N) is 1. The van der Waals surface area contributed by atoms with E-state index in [2.05, 4.69) is 15.3 Å². The highest BCUT2D eigenvalue weighted by Gasteiger charge is 2.17. The van der Waals surface area contributed by atoms with Crippen LogP contribution in [0.25, 0.3) is 0 Å². The minimum atomic E-state index is -2.19. The molecule has 1 unspecified atom stereocenters. The van der Waals surface area contributed by atoms with Gasteiger partial charge in [0.05, 0.1) is 13.3 Å². The quantitative estimate of drug-likeness (QED) is 0.609. The van der Waals surface area contributed by atoms with Crippen molar-refractivity contribution in [3.8, 4) is 5.75 Å². The summed E-state index contributed by atoms with van der Waals surface area (Å²) in [4.78, 5) is 7.94. The number of benzene rings is 1. The van der Waals surface area contributed by atoms with Crippen molar-refractivity contribution in [2.75, 3.05) is 23.9 Å². The lowest BCUT2D eigenvalue weighted by molar-refractivity contribution is 0.401. The van der Waals surface area contributed by atoms with Crippen LogP contribution in [0.5, 0.6) is 5.75 Å². The van der Waals surface area contributed by atoms with Crippen LogP contribution in [0.1, 0.15) is 25.3 Å². The van der Waals surface area contributed by atoms with Gasteiger partial charge in [0.25, 0.3) is 0 Å². The summed E-state index contributed by atoms with van der Waals surface area (Å²) in [6.45, 7) is 4.00. The normalized spacial score (nSPS) is 12.2. The zero-order valence-electron chi connectivity index (χ0n) is 13.0. The van der Waals surface area contributed by atoms with E-state index in [1.54, 1.807) is 12.1 Å². The molecule has 0 fully saturated rings. The summed E-state index contributed by atoms with van der Waals surface area (Å²) in [7, 11) is 1.45. The van der Waals surface area contributed by atoms with Gasteiger partial charge < -0.3 is 26.1 Å². The highest BCUT2D eigenvalue weighted by atomic mass is 32.2. The Morgan fingerprint density at radius 1 is 1.30 bits per heavy atom. The molecule has 1 aromatic carbocycles. The Bertz CT molecular complexity index is 751. The third-order valence-corrected chi connectivity index (χ3v) is 3.95. The van der Waals surface area contributed by atoms with E-state index < -0.39 is 11.1 Å². The number of rotatable bonds is 5. The summed E-state index contributed by atoms with van der Waals surface area (Å²) >= 11 is -2.19. The molecule has 23 heavy (non-hydrogen) atoms. The van der Waals surface area contributed by atoms with Gasteiger partial charge in [0.15, 0.2) is 16.9 Å². The molecule has 124 valence electrons. The van der Waals surface area contributed by atoms with Crippen molar-refractivity contribution in [3.63, 3.8) is 0 Å². The molecule has 0 aliphatic carbocycles. The van der Waals surface area contributed by atoms with Crippen molar-refractivity contribution in [2.24, 2.45) is 0 Å². The smallest absolute Gasteiger partial charge is 0.222 e. The SMILES string of the molecule is COc1cc(C(C)C)c(Nc2cnc(N)nc2N)cc1S(=O)O. The Kier molecular flexibility index (Phi) is 5.02. The van der Waals surface area contributed by atoms with Gasteiger partial charge in [-0.2, -0.15) is 4.98 Å².